The Hall–Kier alpha value is -4.24. The van der Waals surface area contributed by atoms with Gasteiger partial charge in [-0.1, -0.05) is 25.1 Å². The minimum Gasteiger partial charge on any atom is -0.497 e. The Morgan fingerprint density at radius 1 is 1.05 bits per heavy atom. The summed E-state index contributed by atoms with van der Waals surface area (Å²) in [5.74, 6) is 2.13. The maximum Gasteiger partial charge on any atom is 0.253 e. The van der Waals surface area contributed by atoms with E-state index in [0.717, 1.165) is 34.4 Å². The van der Waals surface area contributed by atoms with Crippen LogP contribution >= 0.6 is 0 Å². The topological polar surface area (TPSA) is 102 Å². The number of nitrogens with one attached hydrogen (secondary N) is 1. The van der Waals surface area contributed by atoms with Gasteiger partial charge in [0.2, 0.25) is 0 Å². The Morgan fingerprint density at radius 2 is 1.82 bits per heavy atom. The second-order valence-corrected chi connectivity index (χ2v) is 10.7. The average Bonchev–Trinajstić information content (AvgIpc) is 3.62. The molecule has 9 nitrogen and oxygen atoms in total. The van der Waals surface area contributed by atoms with E-state index in [2.05, 4.69) is 38.4 Å². The summed E-state index contributed by atoms with van der Waals surface area (Å²) in [5, 5.41) is 13.8. The number of fused-ring (bicyclic) bond motifs is 1. The number of benzene rings is 2. The molecular weight excluding hydrogens is 492 g/mol. The molecule has 3 heterocycles. The molecule has 1 N–H and O–H groups in total. The van der Waals surface area contributed by atoms with Gasteiger partial charge in [0.15, 0.2) is 5.82 Å². The Balaban J connectivity index is 1.71. The molecule has 2 aromatic carbocycles. The van der Waals surface area contributed by atoms with Gasteiger partial charge in [-0.05, 0) is 96.6 Å². The second-order valence-electron chi connectivity index (χ2n) is 10.7. The van der Waals surface area contributed by atoms with Crippen molar-refractivity contribution in [1.29, 1.82) is 0 Å². The molecule has 0 spiro atoms. The highest BCUT2D eigenvalue weighted by molar-refractivity contribution is 5.80. The van der Waals surface area contributed by atoms with Crippen molar-refractivity contribution in [1.82, 2.24) is 30.1 Å². The van der Waals surface area contributed by atoms with Gasteiger partial charge in [0, 0.05) is 17.6 Å². The zero-order valence-electron chi connectivity index (χ0n) is 23.0. The normalized spacial score (nSPS) is 12.8. The number of hydrogen-bond donors (Lipinski definition) is 1. The number of methoxy groups -OCH3 is 1. The lowest BCUT2D eigenvalue weighted by molar-refractivity contribution is 0.171. The number of pyridine rings is 1. The lowest BCUT2D eigenvalue weighted by atomic mass is 10.00. The van der Waals surface area contributed by atoms with Crippen molar-refractivity contribution >= 4 is 10.9 Å². The van der Waals surface area contributed by atoms with Crippen LogP contribution in [0.5, 0.6) is 5.75 Å². The van der Waals surface area contributed by atoms with E-state index >= 15 is 0 Å². The van der Waals surface area contributed by atoms with Crippen LogP contribution in [0, 0.1) is 0 Å². The highest BCUT2D eigenvalue weighted by Crippen LogP contribution is 2.32. The third kappa shape index (κ3) is 5.63. The number of nitrogens with zero attached hydrogens (tertiary/aromatic N) is 5. The monoisotopic (exact) mass is 526 g/mol. The van der Waals surface area contributed by atoms with Crippen molar-refractivity contribution in [3.63, 3.8) is 0 Å². The van der Waals surface area contributed by atoms with Gasteiger partial charge < -0.3 is 14.1 Å². The number of aromatic amines is 1. The SMILES string of the molecule is CCc1ccc2[nH]c(=O)c([C@@H](c3nnnn3C(C)(C)C)N(Cc3ccc(OC)cc3)Cc3ccco3)cc2c1. The maximum atomic E-state index is 13.7. The summed E-state index contributed by atoms with van der Waals surface area (Å²) >= 11 is 0. The van der Waals surface area contributed by atoms with Crippen LogP contribution < -0.4 is 10.3 Å². The first-order valence-corrected chi connectivity index (χ1v) is 13.1. The van der Waals surface area contributed by atoms with Crippen LogP contribution in [-0.4, -0.2) is 37.2 Å². The number of aromatic nitrogens is 5. The molecule has 9 heteroatoms. The van der Waals surface area contributed by atoms with Crippen LogP contribution in [0.15, 0.2) is 76.1 Å². The smallest absolute Gasteiger partial charge is 0.253 e. The summed E-state index contributed by atoms with van der Waals surface area (Å²) in [5.41, 5.74) is 3.01. The molecule has 1 atom stereocenters. The van der Waals surface area contributed by atoms with Crippen LogP contribution in [0.2, 0.25) is 0 Å². The van der Waals surface area contributed by atoms with Crippen molar-refractivity contribution in [3.05, 3.63) is 106 Å². The van der Waals surface area contributed by atoms with Crippen LogP contribution in [0.4, 0.5) is 0 Å². The van der Waals surface area contributed by atoms with Crippen LogP contribution in [0.3, 0.4) is 0 Å². The summed E-state index contributed by atoms with van der Waals surface area (Å²) in [6, 6.07) is 19.3. The fourth-order valence-electron chi connectivity index (χ4n) is 4.84. The summed E-state index contributed by atoms with van der Waals surface area (Å²) in [7, 11) is 1.65. The van der Waals surface area contributed by atoms with Gasteiger partial charge in [0.25, 0.3) is 5.56 Å². The van der Waals surface area contributed by atoms with E-state index in [1.54, 1.807) is 18.1 Å². The van der Waals surface area contributed by atoms with Crippen molar-refractivity contribution < 1.29 is 9.15 Å². The van der Waals surface area contributed by atoms with Crippen LogP contribution in [0.25, 0.3) is 10.9 Å². The van der Waals surface area contributed by atoms with E-state index < -0.39 is 11.6 Å². The molecule has 0 fully saturated rings. The fraction of sp³-hybridized carbons (Fsp3) is 0.333. The molecule has 0 radical (unpaired) electrons. The van der Waals surface area contributed by atoms with Gasteiger partial charge in [-0.25, -0.2) is 4.68 Å². The molecular formula is C30H34N6O3. The first-order chi connectivity index (χ1) is 18.8. The predicted octanol–water partition coefficient (Wildman–Crippen LogP) is 5.23. The van der Waals surface area contributed by atoms with Crippen LogP contribution in [0.1, 0.15) is 62.0 Å². The standard InChI is InChI=1S/C30H34N6O3/c1-6-20-11-14-26-22(16-20)17-25(29(37)31-26)27(28-32-33-34-36(28)30(2,3)4)35(19-24-8-7-15-39-24)18-21-9-12-23(38-5)13-10-21/h7-17,27H,6,18-19H2,1-5H3,(H,31,37)/t27-/m0/s1. The molecule has 0 saturated heterocycles. The summed E-state index contributed by atoms with van der Waals surface area (Å²) in [4.78, 5) is 19.0. The number of rotatable bonds is 9. The molecule has 0 aliphatic rings. The van der Waals surface area contributed by atoms with Gasteiger partial charge in [-0.15, -0.1) is 5.10 Å². The first kappa shape index (κ1) is 26.4. The van der Waals surface area contributed by atoms with E-state index in [0.29, 0.717) is 24.5 Å². The van der Waals surface area contributed by atoms with Gasteiger partial charge in [-0.2, -0.15) is 0 Å². The van der Waals surface area contributed by atoms with Gasteiger partial charge >= 0.3 is 0 Å². The molecule has 202 valence electrons. The maximum absolute atomic E-state index is 13.7. The Labute approximate surface area is 227 Å². The number of tetrazole rings is 1. The predicted molar refractivity (Wildman–Crippen MR) is 150 cm³/mol. The number of furan rings is 1. The van der Waals surface area contributed by atoms with E-state index in [4.69, 9.17) is 9.15 Å². The van der Waals surface area contributed by atoms with Gasteiger partial charge in [0.05, 0.1) is 25.5 Å². The number of hydrogen-bond acceptors (Lipinski definition) is 7. The highest BCUT2D eigenvalue weighted by atomic mass is 16.5. The van der Waals surface area contributed by atoms with E-state index in [-0.39, 0.29) is 5.56 Å². The van der Waals surface area contributed by atoms with E-state index in [1.165, 1.54) is 5.56 Å². The lowest BCUT2D eigenvalue weighted by Crippen LogP contribution is -2.37. The molecule has 0 unspecified atom stereocenters. The largest absolute Gasteiger partial charge is 0.497 e. The van der Waals surface area contributed by atoms with E-state index in [1.807, 2.05) is 75.4 Å². The quantitative estimate of drug-likeness (QED) is 0.281. The second kappa shape index (κ2) is 10.9. The summed E-state index contributed by atoms with van der Waals surface area (Å²) in [6.45, 7) is 9.20. The zero-order valence-corrected chi connectivity index (χ0v) is 23.0. The Morgan fingerprint density at radius 3 is 2.49 bits per heavy atom. The number of ether oxygens (including phenoxy) is 1. The first-order valence-electron chi connectivity index (χ1n) is 13.1. The van der Waals surface area contributed by atoms with Crippen molar-refractivity contribution in [2.24, 2.45) is 0 Å². The minimum atomic E-state index is -0.565. The summed E-state index contributed by atoms with van der Waals surface area (Å²) < 4.78 is 12.9. The highest BCUT2D eigenvalue weighted by Gasteiger charge is 2.34. The number of H-pyrrole nitrogens is 1. The van der Waals surface area contributed by atoms with Gasteiger partial charge in [-0.3, -0.25) is 9.69 Å². The average molecular weight is 527 g/mol. The zero-order chi connectivity index (χ0) is 27.6. The molecule has 5 rings (SSSR count). The molecule has 0 bridgehead atoms. The van der Waals surface area contributed by atoms with Gasteiger partial charge in [0.1, 0.15) is 17.6 Å². The molecule has 0 aliphatic carbocycles. The molecule has 0 saturated carbocycles. The molecule has 3 aromatic heterocycles. The third-order valence-corrected chi connectivity index (χ3v) is 6.86. The van der Waals surface area contributed by atoms with Crippen molar-refractivity contribution in [3.8, 4) is 5.75 Å². The minimum absolute atomic E-state index is 0.181. The third-order valence-electron chi connectivity index (χ3n) is 6.86. The van der Waals surface area contributed by atoms with Crippen LogP contribution in [-0.2, 0) is 25.0 Å². The molecule has 5 aromatic rings. The van der Waals surface area contributed by atoms with Crippen molar-refractivity contribution in [2.45, 2.75) is 58.8 Å². The summed E-state index contributed by atoms with van der Waals surface area (Å²) in [6.07, 6.45) is 2.56. The Bertz CT molecular complexity index is 1600. The number of aryl methyl sites for hydroxylation is 1. The van der Waals surface area contributed by atoms with E-state index in [9.17, 15) is 4.79 Å². The fourth-order valence-corrected chi connectivity index (χ4v) is 4.84. The Kier molecular flexibility index (Phi) is 7.34. The molecule has 0 aliphatic heterocycles. The molecule has 0 amide bonds. The molecule has 39 heavy (non-hydrogen) atoms. The van der Waals surface area contributed by atoms with Crippen molar-refractivity contribution in [2.75, 3.05) is 7.11 Å². The lowest BCUT2D eigenvalue weighted by Gasteiger charge is -2.32.